The van der Waals surface area contributed by atoms with E-state index in [1.54, 1.807) is 0 Å². The molecule has 16 heavy (non-hydrogen) atoms. The zero-order valence-corrected chi connectivity index (χ0v) is 8.12. The van der Waals surface area contributed by atoms with E-state index in [-0.39, 0.29) is 34.1 Å². The fourth-order valence-electron chi connectivity index (χ4n) is 1.48. The highest BCUT2D eigenvalue weighted by Crippen LogP contribution is 2.46. The lowest BCUT2D eigenvalue weighted by atomic mass is 10.1. The van der Waals surface area contributed by atoms with Gasteiger partial charge in [-0.25, -0.2) is 0 Å². The number of hydrazine groups is 1. The molecular formula is C8H11N5O3. The smallest absolute Gasteiger partial charge is 0.150 e. The van der Waals surface area contributed by atoms with Gasteiger partial charge in [0.25, 0.3) is 0 Å². The molecule has 8 nitrogen and oxygen atoms in total. The summed E-state index contributed by atoms with van der Waals surface area (Å²) in [5.74, 6) is -0.301. The van der Waals surface area contributed by atoms with Crippen LogP contribution in [0.3, 0.4) is 0 Å². The number of hydrogen-bond acceptors (Lipinski definition) is 8. The van der Waals surface area contributed by atoms with E-state index in [2.05, 4.69) is 0 Å². The number of fused-ring (bicyclic) bond motifs is 1. The number of hydrogen-bond donors (Lipinski definition) is 6. The van der Waals surface area contributed by atoms with Crippen molar-refractivity contribution in [2.45, 2.75) is 0 Å². The minimum atomic E-state index is -0.301. The van der Waals surface area contributed by atoms with Crippen molar-refractivity contribution in [3.63, 3.8) is 0 Å². The van der Waals surface area contributed by atoms with E-state index in [4.69, 9.17) is 17.2 Å². The van der Waals surface area contributed by atoms with Crippen LogP contribution in [0.4, 0.5) is 22.7 Å². The molecular weight excluding hydrogens is 214 g/mol. The standard InChI is InChI=1S/C8H11N5O3/c9-4-5(10)7-3(8(14)6(4)11)1-2-12(15)13(7)16/h1-2,14-16H,9-11H2. The summed E-state index contributed by atoms with van der Waals surface area (Å²) in [4.78, 5) is 0. The van der Waals surface area contributed by atoms with Gasteiger partial charge in [0.1, 0.15) is 17.1 Å². The Labute approximate surface area is 90.3 Å². The second-order valence-corrected chi connectivity index (χ2v) is 3.28. The summed E-state index contributed by atoms with van der Waals surface area (Å²) in [6.07, 6.45) is 2.45. The minimum Gasteiger partial charge on any atom is -0.505 e. The SMILES string of the molecule is Nc1c(N)c(O)c2c(c1N)N(O)N(O)C=C2. The number of nitrogens with zero attached hydrogens (tertiary/aromatic N) is 2. The van der Waals surface area contributed by atoms with Crippen LogP contribution in [0.25, 0.3) is 6.08 Å². The molecule has 9 N–H and O–H groups in total. The van der Waals surface area contributed by atoms with Crippen molar-refractivity contribution in [1.29, 1.82) is 0 Å². The first-order valence-corrected chi connectivity index (χ1v) is 4.29. The molecule has 0 radical (unpaired) electrons. The third-order valence-electron chi connectivity index (χ3n) is 2.37. The third-order valence-corrected chi connectivity index (χ3v) is 2.37. The first kappa shape index (κ1) is 10.2. The average molecular weight is 225 g/mol. The molecule has 0 fully saturated rings. The molecule has 0 saturated carbocycles. The lowest BCUT2D eigenvalue weighted by molar-refractivity contribution is -0.122. The summed E-state index contributed by atoms with van der Waals surface area (Å²) in [6, 6.07) is 0. The summed E-state index contributed by atoms with van der Waals surface area (Å²) in [5.41, 5.74) is 16.7. The molecule has 0 spiro atoms. The molecule has 0 unspecified atom stereocenters. The van der Waals surface area contributed by atoms with E-state index >= 15 is 0 Å². The molecule has 0 aliphatic carbocycles. The van der Waals surface area contributed by atoms with Crippen LogP contribution in [0.1, 0.15) is 5.56 Å². The Morgan fingerprint density at radius 1 is 1.00 bits per heavy atom. The number of anilines is 4. The van der Waals surface area contributed by atoms with Crippen LogP contribution in [0.2, 0.25) is 0 Å². The van der Waals surface area contributed by atoms with Crippen LogP contribution < -0.4 is 22.4 Å². The maximum Gasteiger partial charge on any atom is 0.150 e. The Kier molecular flexibility index (Phi) is 1.97. The van der Waals surface area contributed by atoms with Crippen LogP contribution in [0.5, 0.6) is 5.75 Å². The van der Waals surface area contributed by atoms with Gasteiger partial charge in [-0.1, -0.05) is 0 Å². The van der Waals surface area contributed by atoms with Gasteiger partial charge in [-0.2, -0.15) is 0 Å². The number of benzene rings is 1. The van der Waals surface area contributed by atoms with Gasteiger partial charge in [0.15, 0.2) is 0 Å². The van der Waals surface area contributed by atoms with Gasteiger partial charge >= 0.3 is 0 Å². The molecule has 8 heteroatoms. The van der Waals surface area contributed by atoms with Crippen LogP contribution in [-0.4, -0.2) is 20.7 Å². The highest BCUT2D eigenvalue weighted by atomic mass is 16.7. The molecule has 0 saturated heterocycles. The summed E-state index contributed by atoms with van der Waals surface area (Å²) < 4.78 is 0. The van der Waals surface area contributed by atoms with E-state index in [1.807, 2.05) is 0 Å². The Morgan fingerprint density at radius 2 is 1.62 bits per heavy atom. The molecule has 1 aliphatic rings. The largest absolute Gasteiger partial charge is 0.505 e. The molecule has 1 aliphatic heterocycles. The van der Waals surface area contributed by atoms with Crippen LogP contribution >= 0.6 is 0 Å². The van der Waals surface area contributed by atoms with Crippen LogP contribution in [0, 0.1) is 0 Å². The number of aromatic hydroxyl groups is 1. The van der Waals surface area contributed by atoms with E-state index in [1.165, 1.54) is 6.08 Å². The molecule has 0 bridgehead atoms. The van der Waals surface area contributed by atoms with Gasteiger partial charge in [-0.05, 0) is 6.08 Å². The van der Waals surface area contributed by atoms with Crippen LogP contribution in [0.15, 0.2) is 6.20 Å². The minimum absolute atomic E-state index is 0.0313. The van der Waals surface area contributed by atoms with Crippen molar-refractivity contribution in [3.05, 3.63) is 11.8 Å². The van der Waals surface area contributed by atoms with Gasteiger partial charge in [0.05, 0.1) is 23.1 Å². The summed E-state index contributed by atoms with van der Waals surface area (Å²) >= 11 is 0. The van der Waals surface area contributed by atoms with Crippen molar-refractivity contribution in [2.24, 2.45) is 0 Å². The van der Waals surface area contributed by atoms with Crippen molar-refractivity contribution in [2.75, 3.05) is 22.4 Å². The third kappa shape index (κ3) is 1.11. The lowest BCUT2D eigenvalue weighted by Crippen LogP contribution is -2.36. The molecule has 0 atom stereocenters. The maximum absolute atomic E-state index is 9.70. The second kappa shape index (κ2) is 3.08. The Balaban J connectivity index is 2.79. The maximum atomic E-state index is 9.70. The average Bonchev–Trinajstić information content (AvgIpc) is 2.27. The highest BCUT2D eigenvalue weighted by Gasteiger charge is 2.26. The van der Waals surface area contributed by atoms with Crippen molar-refractivity contribution >= 4 is 28.8 Å². The van der Waals surface area contributed by atoms with Gasteiger partial charge in [-0.3, -0.25) is 10.4 Å². The number of hydroxylamine groups is 1. The van der Waals surface area contributed by atoms with E-state index in [0.29, 0.717) is 10.3 Å². The number of phenols is 1. The predicted octanol–water partition coefficient (Wildman–Crippen LogP) is -0.0751. The van der Waals surface area contributed by atoms with E-state index in [9.17, 15) is 15.5 Å². The predicted molar refractivity (Wildman–Crippen MR) is 58.3 cm³/mol. The fourth-order valence-corrected chi connectivity index (χ4v) is 1.48. The van der Waals surface area contributed by atoms with E-state index in [0.717, 1.165) is 6.20 Å². The fraction of sp³-hybridized carbons (Fsp3) is 0. The number of phenolic OH excluding ortho intramolecular Hbond substituents is 1. The zero-order valence-electron chi connectivity index (χ0n) is 8.12. The van der Waals surface area contributed by atoms with Crippen molar-refractivity contribution in [1.82, 2.24) is 5.17 Å². The first-order chi connectivity index (χ1) is 7.45. The normalized spacial score (nSPS) is 14.1. The molecule has 86 valence electrons. The summed E-state index contributed by atoms with van der Waals surface area (Å²) in [6.45, 7) is 0. The number of nitrogens with two attached hydrogens (primary N) is 3. The Morgan fingerprint density at radius 3 is 2.25 bits per heavy atom. The lowest BCUT2D eigenvalue weighted by Gasteiger charge is -2.30. The number of rotatable bonds is 0. The zero-order chi connectivity index (χ0) is 12.0. The van der Waals surface area contributed by atoms with Gasteiger partial charge in [0, 0.05) is 0 Å². The first-order valence-electron chi connectivity index (χ1n) is 4.29. The molecule has 0 amide bonds. The molecule has 1 aromatic carbocycles. The summed E-state index contributed by atoms with van der Waals surface area (Å²) in [5, 5.41) is 29.2. The van der Waals surface area contributed by atoms with Crippen molar-refractivity contribution in [3.8, 4) is 5.75 Å². The van der Waals surface area contributed by atoms with Crippen LogP contribution in [-0.2, 0) is 0 Å². The Bertz CT molecular complexity index is 487. The Hall–Kier alpha value is -2.32. The molecule has 2 rings (SSSR count). The summed E-state index contributed by atoms with van der Waals surface area (Å²) in [7, 11) is 0. The van der Waals surface area contributed by atoms with Crippen molar-refractivity contribution < 1.29 is 15.5 Å². The molecule has 0 aromatic heterocycles. The highest BCUT2D eigenvalue weighted by molar-refractivity contribution is 5.97. The van der Waals surface area contributed by atoms with Gasteiger partial charge < -0.3 is 22.3 Å². The topological polar surface area (TPSA) is 145 Å². The monoisotopic (exact) mass is 225 g/mol. The number of nitrogen functional groups attached to an aromatic ring is 3. The quantitative estimate of drug-likeness (QED) is 0.204. The van der Waals surface area contributed by atoms with Gasteiger partial charge in [0.2, 0.25) is 0 Å². The molecule has 1 heterocycles. The molecule has 1 aromatic rings. The second-order valence-electron chi connectivity index (χ2n) is 3.28. The van der Waals surface area contributed by atoms with Gasteiger partial charge in [-0.15, -0.1) is 10.3 Å². The van der Waals surface area contributed by atoms with E-state index < -0.39 is 0 Å².